The molecule has 2 rings (SSSR count). The van der Waals surface area contributed by atoms with Crippen LogP contribution in [0.2, 0.25) is 5.02 Å². The first kappa shape index (κ1) is 14.5. The highest BCUT2D eigenvalue weighted by atomic mass is 35.5. The predicted molar refractivity (Wildman–Crippen MR) is 74.0 cm³/mol. The average molecular weight is 296 g/mol. The zero-order valence-electron chi connectivity index (χ0n) is 11.1. The lowest BCUT2D eigenvalue weighted by Gasteiger charge is -2.14. The molecule has 0 bridgehead atoms. The van der Waals surface area contributed by atoms with E-state index in [0.29, 0.717) is 22.9 Å². The van der Waals surface area contributed by atoms with E-state index in [1.165, 1.54) is 0 Å². The number of hydrogen-bond donors (Lipinski definition) is 1. The molecular weight excluding hydrogens is 282 g/mol. The van der Waals surface area contributed by atoms with Gasteiger partial charge in [-0.3, -0.25) is 0 Å². The minimum Gasteiger partial charge on any atom is -0.476 e. The summed E-state index contributed by atoms with van der Waals surface area (Å²) in [6, 6.07) is 6.74. The van der Waals surface area contributed by atoms with Crippen LogP contribution in [0, 0.1) is 0 Å². The topological polar surface area (TPSA) is 77.2 Å². The van der Waals surface area contributed by atoms with Crippen LogP contribution in [-0.4, -0.2) is 39.8 Å². The molecule has 0 fully saturated rings. The molecule has 0 spiro atoms. The summed E-state index contributed by atoms with van der Waals surface area (Å²) in [5.41, 5.74) is 1.05. The van der Waals surface area contributed by atoms with Crippen molar-refractivity contribution in [1.29, 1.82) is 0 Å². The van der Waals surface area contributed by atoms with E-state index in [-0.39, 0.29) is 11.7 Å². The van der Waals surface area contributed by atoms with E-state index in [9.17, 15) is 9.90 Å². The quantitative estimate of drug-likeness (QED) is 0.917. The third kappa shape index (κ3) is 2.81. The number of carboxylic acid groups (broad SMARTS) is 1. The second kappa shape index (κ2) is 6.02. The number of carboxylic acids is 1. The van der Waals surface area contributed by atoms with Crippen molar-refractivity contribution >= 4 is 17.6 Å². The summed E-state index contributed by atoms with van der Waals surface area (Å²) in [5, 5.41) is 17.5. The van der Waals surface area contributed by atoms with Gasteiger partial charge in [0, 0.05) is 17.7 Å². The molecule has 6 nitrogen and oxygen atoms in total. The molecule has 1 aromatic heterocycles. The number of halogens is 1. The van der Waals surface area contributed by atoms with Gasteiger partial charge in [0.15, 0.2) is 5.69 Å². The minimum absolute atomic E-state index is 0.0877. The number of nitrogens with zero attached hydrogens (tertiary/aromatic N) is 3. The number of hydrogen-bond acceptors (Lipinski definition) is 4. The van der Waals surface area contributed by atoms with Crippen LogP contribution in [0.25, 0.3) is 11.3 Å². The SMILES string of the molecule is COCC(C)n1nnc(C(=O)O)c1-c1ccc(Cl)cc1. The van der Waals surface area contributed by atoms with Gasteiger partial charge in [-0.05, 0) is 19.1 Å². The summed E-state index contributed by atoms with van der Waals surface area (Å²) in [4.78, 5) is 11.3. The zero-order chi connectivity index (χ0) is 14.7. The molecule has 0 saturated carbocycles. The third-order valence-corrected chi connectivity index (χ3v) is 3.09. The summed E-state index contributed by atoms with van der Waals surface area (Å²) in [7, 11) is 1.58. The fourth-order valence-corrected chi connectivity index (χ4v) is 2.06. The Hall–Kier alpha value is -1.92. The van der Waals surface area contributed by atoms with Gasteiger partial charge >= 0.3 is 5.97 Å². The number of rotatable bonds is 5. The van der Waals surface area contributed by atoms with E-state index in [2.05, 4.69) is 10.3 Å². The molecular formula is C13H14ClN3O3. The Morgan fingerprint density at radius 3 is 2.65 bits per heavy atom. The Morgan fingerprint density at radius 1 is 1.45 bits per heavy atom. The number of benzene rings is 1. The highest BCUT2D eigenvalue weighted by Gasteiger charge is 2.23. The zero-order valence-corrected chi connectivity index (χ0v) is 11.8. The number of carbonyl (C=O) groups is 1. The van der Waals surface area contributed by atoms with E-state index in [4.69, 9.17) is 16.3 Å². The van der Waals surface area contributed by atoms with Crippen LogP contribution in [-0.2, 0) is 4.74 Å². The molecule has 1 N–H and O–H groups in total. The summed E-state index contributed by atoms with van der Waals surface area (Å²) in [5.74, 6) is -1.12. The number of methoxy groups -OCH3 is 1. The number of aromatic nitrogens is 3. The van der Waals surface area contributed by atoms with Gasteiger partial charge in [0.1, 0.15) is 5.69 Å². The molecule has 0 amide bonds. The van der Waals surface area contributed by atoms with Crippen LogP contribution in [0.1, 0.15) is 23.5 Å². The van der Waals surface area contributed by atoms with E-state index < -0.39 is 5.97 Å². The molecule has 2 aromatic rings. The standard InChI is InChI=1S/C13H14ClN3O3/c1-8(7-20-2)17-12(11(13(18)19)15-16-17)9-3-5-10(14)6-4-9/h3-6,8H,7H2,1-2H3,(H,18,19). The van der Waals surface area contributed by atoms with E-state index in [1.54, 1.807) is 36.1 Å². The highest BCUT2D eigenvalue weighted by Crippen LogP contribution is 2.26. The average Bonchev–Trinajstić information content (AvgIpc) is 2.84. The Labute approximate surface area is 120 Å². The molecule has 7 heteroatoms. The maximum atomic E-state index is 11.3. The monoisotopic (exact) mass is 295 g/mol. The van der Waals surface area contributed by atoms with Gasteiger partial charge in [-0.1, -0.05) is 28.9 Å². The van der Waals surface area contributed by atoms with Gasteiger partial charge < -0.3 is 9.84 Å². The molecule has 1 aromatic carbocycles. The largest absolute Gasteiger partial charge is 0.476 e. The molecule has 20 heavy (non-hydrogen) atoms. The van der Waals surface area contributed by atoms with Crippen LogP contribution in [0.3, 0.4) is 0 Å². The maximum absolute atomic E-state index is 11.3. The molecule has 1 heterocycles. The van der Waals surface area contributed by atoms with E-state index in [1.807, 2.05) is 6.92 Å². The van der Waals surface area contributed by atoms with Gasteiger partial charge in [-0.15, -0.1) is 5.10 Å². The van der Waals surface area contributed by atoms with Gasteiger partial charge in [-0.2, -0.15) is 0 Å². The molecule has 0 aliphatic rings. The number of ether oxygens (including phenoxy) is 1. The first-order valence-corrected chi connectivity index (χ1v) is 6.35. The van der Waals surface area contributed by atoms with Crippen molar-refractivity contribution in [1.82, 2.24) is 15.0 Å². The molecule has 0 aliphatic heterocycles. The normalized spacial score (nSPS) is 12.3. The van der Waals surface area contributed by atoms with Gasteiger partial charge in [0.05, 0.1) is 12.6 Å². The second-order valence-corrected chi connectivity index (χ2v) is 4.78. The Balaban J connectivity index is 2.55. The molecule has 1 unspecified atom stereocenters. The van der Waals surface area contributed by atoms with Crippen LogP contribution in [0.4, 0.5) is 0 Å². The van der Waals surface area contributed by atoms with Crippen molar-refractivity contribution in [2.75, 3.05) is 13.7 Å². The molecule has 106 valence electrons. The highest BCUT2D eigenvalue weighted by molar-refractivity contribution is 6.30. The lowest BCUT2D eigenvalue weighted by molar-refractivity contribution is 0.0691. The van der Waals surface area contributed by atoms with Crippen LogP contribution >= 0.6 is 11.6 Å². The van der Waals surface area contributed by atoms with Crippen molar-refractivity contribution in [3.8, 4) is 11.3 Å². The first-order chi connectivity index (χ1) is 9.54. The summed E-state index contributed by atoms with van der Waals surface area (Å²) in [6.45, 7) is 2.28. The molecule has 1 atom stereocenters. The van der Waals surface area contributed by atoms with Crippen molar-refractivity contribution in [2.24, 2.45) is 0 Å². The van der Waals surface area contributed by atoms with Crippen molar-refractivity contribution in [3.63, 3.8) is 0 Å². The molecule has 0 radical (unpaired) electrons. The van der Waals surface area contributed by atoms with Crippen LogP contribution in [0.15, 0.2) is 24.3 Å². The van der Waals surface area contributed by atoms with Crippen LogP contribution < -0.4 is 0 Å². The lowest BCUT2D eigenvalue weighted by atomic mass is 10.1. The fraction of sp³-hybridized carbons (Fsp3) is 0.308. The summed E-state index contributed by atoms with van der Waals surface area (Å²) >= 11 is 5.85. The van der Waals surface area contributed by atoms with E-state index >= 15 is 0 Å². The maximum Gasteiger partial charge on any atom is 0.358 e. The van der Waals surface area contributed by atoms with Crippen molar-refractivity contribution < 1.29 is 14.6 Å². The minimum atomic E-state index is -1.12. The van der Waals surface area contributed by atoms with Crippen molar-refractivity contribution in [2.45, 2.75) is 13.0 Å². The Bertz CT molecular complexity index is 610. The van der Waals surface area contributed by atoms with Gasteiger partial charge in [-0.25, -0.2) is 9.48 Å². The van der Waals surface area contributed by atoms with Gasteiger partial charge in [0.25, 0.3) is 0 Å². The lowest BCUT2D eigenvalue weighted by Crippen LogP contribution is -2.14. The molecule has 0 saturated heterocycles. The first-order valence-electron chi connectivity index (χ1n) is 5.98. The van der Waals surface area contributed by atoms with Gasteiger partial charge in [0.2, 0.25) is 0 Å². The third-order valence-electron chi connectivity index (χ3n) is 2.84. The Kier molecular flexibility index (Phi) is 4.36. The fourth-order valence-electron chi connectivity index (χ4n) is 1.93. The smallest absolute Gasteiger partial charge is 0.358 e. The van der Waals surface area contributed by atoms with E-state index in [0.717, 1.165) is 0 Å². The number of aromatic carboxylic acids is 1. The second-order valence-electron chi connectivity index (χ2n) is 4.35. The summed E-state index contributed by atoms with van der Waals surface area (Å²) in [6.07, 6.45) is 0. The van der Waals surface area contributed by atoms with Crippen LogP contribution in [0.5, 0.6) is 0 Å². The van der Waals surface area contributed by atoms with Crippen molar-refractivity contribution in [3.05, 3.63) is 35.0 Å². The Morgan fingerprint density at radius 2 is 2.10 bits per heavy atom. The molecule has 0 aliphatic carbocycles. The predicted octanol–water partition coefficient (Wildman–Crippen LogP) is 2.50. The summed E-state index contributed by atoms with van der Waals surface area (Å²) < 4.78 is 6.63.